The van der Waals surface area contributed by atoms with E-state index in [1.165, 1.54) is 45.1 Å². The molecule has 118 valence electrons. The minimum Gasteiger partial charge on any atom is -0.393 e. The summed E-state index contributed by atoms with van der Waals surface area (Å²) >= 11 is 0. The van der Waals surface area contributed by atoms with Crippen LogP contribution in [0.4, 0.5) is 0 Å². The predicted octanol–water partition coefficient (Wildman–Crippen LogP) is 3.65. The van der Waals surface area contributed by atoms with E-state index >= 15 is 0 Å². The summed E-state index contributed by atoms with van der Waals surface area (Å²) in [4.78, 5) is 0. The van der Waals surface area contributed by atoms with Gasteiger partial charge in [-0.1, -0.05) is 18.6 Å². The average Bonchev–Trinajstić information content (AvgIpc) is 2.47. The highest BCUT2D eigenvalue weighted by Crippen LogP contribution is 2.60. The van der Waals surface area contributed by atoms with Crippen LogP contribution in [0, 0.1) is 23.2 Å². The van der Waals surface area contributed by atoms with Gasteiger partial charge in [0, 0.05) is 5.54 Å². The molecule has 1 saturated heterocycles. The molecule has 6 atom stereocenters. The van der Waals surface area contributed by atoms with E-state index in [2.05, 4.69) is 25.2 Å². The lowest BCUT2D eigenvalue weighted by molar-refractivity contribution is -0.0423. The molecule has 0 aromatic rings. The summed E-state index contributed by atoms with van der Waals surface area (Å²) < 4.78 is 0. The van der Waals surface area contributed by atoms with Crippen molar-refractivity contribution in [1.82, 2.24) is 5.32 Å². The molecule has 0 amide bonds. The van der Waals surface area contributed by atoms with Gasteiger partial charge in [0.15, 0.2) is 0 Å². The summed E-state index contributed by atoms with van der Waals surface area (Å²) in [5.41, 5.74) is 2.38. The van der Waals surface area contributed by atoms with Crippen LogP contribution in [-0.4, -0.2) is 23.3 Å². The van der Waals surface area contributed by atoms with Crippen molar-refractivity contribution in [3.8, 4) is 0 Å². The van der Waals surface area contributed by atoms with Crippen LogP contribution in [0.1, 0.15) is 65.2 Å². The van der Waals surface area contributed by atoms with Crippen LogP contribution < -0.4 is 5.32 Å². The third-order valence-electron chi connectivity index (χ3n) is 7.69. The number of aliphatic hydroxyl groups is 1. The molecule has 2 heteroatoms. The topological polar surface area (TPSA) is 32.3 Å². The zero-order chi connectivity index (χ0) is 14.7. The Hall–Kier alpha value is -0.340. The second-order valence-corrected chi connectivity index (χ2v) is 8.68. The summed E-state index contributed by atoms with van der Waals surface area (Å²) in [6.07, 6.45) is 12.4. The maximum atomic E-state index is 10.0. The Kier molecular flexibility index (Phi) is 3.28. The molecule has 1 heterocycles. The van der Waals surface area contributed by atoms with Crippen LogP contribution >= 0.6 is 0 Å². The lowest BCUT2D eigenvalue weighted by Crippen LogP contribution is -2.61. The van der Waals surface area contributed by atoms with E-state index in [0.717, 1.165) is 30.6 Å². The van der Waals surface area contributed by atoms with Gasteiger partial charge in [0.25, 0.3) is 0 Å². The summed E-state index contributed by atoms with van der Waals surface area (Å²) in [6.45, 7) is 6.22. The smallest absolute Gasteiger partial charge is 0.0577 e. The standard InChI is InChI=1S/C19H31NO/c1-18-9-7-14(21)12-13(18)5-6-15-16(18)8-10-19(2)17(15)4-3-11-20-19/h5,14-17,20-21H,3-4,6-12H2,1-2H3/t14-,15-,16+,17-,18+,19-/m1/s1. The number of piperidine rings is 1. The molecule has 4 rings (SSSR count). The van der Waals surface area contributed by atoms with E-state index in [4.69, 9.17) is 0 Å². The Morgan fingerprint density at radius 2 is 2.00 bits per heavy atom. The van der Waals surface area contributed by atoms with Gasteiger partial charge >= 0.3 is 0 Å². The number of fused-ring (bicyclic) bond motifs is 5. The van der Waals surface area contributed by atoms with Gasteiger partial charge in [-0.2, -0.15) is 0 Å². The lowest BCUT2D eigenvalue weighted by Gasteiger charge is -2.60. The van der Waals surface area contributed by atoms with Gasteiger partial charge in [-0.3, -0.25) is 0 Å². The quantitative estimate of drug-likeness (QED) is 0.667. The molecule has 3 aliphatic carbocycles. The van der Waals surface area contributed by atoms with Crippen LogP contribution in [-0.2, 0) is 0 Å². The van der Waals surface area contributed by atoms with Crippen LogP contribution in [0.15, 0.2) is 11.6 Å². The number of hydrogen-bond acceptors (Lipinski definition) is 2. The van der Waals surface area contributed by atoms with Crippen LogP contribution in [0.5, 0.6) is 0 Å². The summed E-state index contributed by atoms with van der Waals surface area (Å²) in [6, 6.07) is 0. The Bertz CT molecular complexity index is 458. The molecular weight excluding hydrogens is 258 g/mol. The molecule has 2 nitrogen and oxygen atoms in total. The van der Waals surface area contributed by atoms with E-state index in [0.29, 0.717) is 11.0 Å². The highest BCUT2D eigenvalue weighted by Gasteiger charge is 2.54. The van der Waals surface area contributed by atoms with E-state index in [-0.39, 0.29) is 6.10 Å². The van der Waals surface area contributed by atoms with Gasteiger partial charge in [-0.25, -0.2) is 0 Å². The summed E-state index contributed by atoms with van der Waals surface area (Å²) in [5.74, 6) is 2.61. The van der Waals surface area contributed by atoms with Gasteiger partial charge < -0.3 is 10.4 Å². The molecule has 0 bridgehead atoms. The second-order valence-electron chi connectivity index (χ2n) is 8.68. The van der Waals surface area contributed by atoms with E-state index in [9.17, 15) is 5.11 Å². The molecule has 1 aliphatic heterocycles. The predicted molar refractivity (Wildman–Crippen MR) is 86.0 cm³/mol. The van der Waals surface area contributed by atoms with E-state index in [1.54, 1.807) is 5.57 Å². The zero-order valence-corrected chi connectivity index (χ0v) is 13.7. The molecule has 2 saturated carbocycles. The fourth-order valence-electron chi connectivity index (χ4n) is 6.41. The number of nitrogens with one attached hydrogen (secondary N) is 1. The van der Waals surface area contributed by atoms with E-state index < -0.39 is 0 Å². The second kappa shape index (κ2) is 4.83. The lowest BCUT2D eigenvalue weighted by atomic mass is 9.48. The number of rotatable bonds is 0. The third-order valence-corrected chi connectivity index (χ3v) is 7.69. The number of hydrogen-bond donors (Lipinski definition) is 2. The first-order valence-corrected chi connectivity index (χ1v) is 9.15. The Morgan fingerprint density at radius 1 is 1.14 bits per heavy atom. The minimum atomic E-state index is -0.0777. The fourth-order valence-corrected chi connectivity index (χ4v) is 6.41. The molecular formula is C19H31NO. The molecule has 3 fully saturated rings. The molecule has 0 unspecified atom stereocenters. The molecule has 4 aliphatic rings. The SMILES string of the molecule is C[C@@]12CC[C@H]3[C@@H](CC=C4C[C@H](O)CC[C@@]43C)[C@H]1CCCN2. The highest BCUT2D eigenvalue weighted by molar-refractivity contribution is 5.25. The van der Waals surface area contributed by atoms with Crippen LogP contribution in [0.25, 0.3) is 0 Å². The van der Waals surface area contributed by atoms with Crippen LogP contribution in [0.2, 0.25) is 0 Å². The maximum absolute atomic E-state index is 10.0. The molecule has 0 radical (unpaired) electrons. The molecule has 0 aromatic heterocycles. The highest BCUT2D eigenvalue weighted by atomic mass is 16.3. The Morgan fingerprint density at radius 3 is 2.86 bits per heavy atom. The van der Waals surface area contributed by atoms with Gasteiger partial charge in [-0.15, -0.1) is 0 Å². The first-order chi connectivity index (χ1) is 10.0. The van der Waals surface area contributed by atoms with Crippen molar-refractivity contribution in [3.63, 3.8) is 0 Å². The maximum Gasteiger partial charge on any atom is 0.0577 e. The number of aliphatic hydroxyl groups excluding tert-OH is 1. The van der Waals surface area contributed by atoms with Gasteiger partial charge in [0.1, 0.15) is 0 Å². The van der Waals surface area contributed by atoms with Crippen molar-refractivity contribution in [2.75, 3.05) is 6.54 Å². The first kappa shape index (κ1) is 14.3. The van der Waals surface area contributed by atoms with Crippen LogP contribution in [0.3, 0.4) is 0 Å². The molecule has 0 aromatic carbocycles. The van der Waals surface area contributed by atoms with Gasteiger partial charge in [0.05, 0.1) is 6.10 Å². The van der Waals surface area contributed by atoms with Gasteiger partial charge in [0.2, 0.25) is 0 Å². The minimum absolute atomic E-state index is 0.0777. The van der Waals surface area contributed by atoms with Crippen molar-refractivity contribution in [2.45, 2.75) is 76.9 Å². The normalized spacial score (nSPS) is 53.2. The van der Waals surface area contributed by atoms with Gasteiger partial charge in [-0.05, 0) is 88.0 Å². The average molecular weight is 289 g/mol. The van der Waals surface area contributed by atoms with Crippen molar-refractivity contribution in [3.05, 3.63) is 11.6 Å². The Balaban J connectivity index is 1.66. The first-order valence-electron chi connectivity index (χ1n) is 9.15. The Labute approximate surface area is 129 Å². The monoisotopic (exact) mass is 289 g/mol. The van der Waals surface area contributed by atoms with E-state index in [1.807, 2.05) is 0 Å². The summed E-state index contributed by atoms with van der Waals surface area (Å²) in [5, 5.41) is 13.9. The number of allylic oxidation sites excluding steroid dienone is 1. The fraction of sp³-hybridized carbons (Fsp3) is 0.895. The molecule has 21 heavy (non-hydrogen) atoms. The third kappa shape index (κ3) is 2.05. The zero-order valence-electron chi connectivity index (χ0n) is 13.7. The summed E-state index contributed by atoms with van der Waals surface area (Å²) in [7, 11) is 0. The van der Waals surface area contributed by atoms with Crippen molar-refractivity contribution >= 4 is 0 Å². The van der Waals surface area contributed by atoms with Crippen molar-refractivity contribution in [1.29, 1.82) is 0 Å². The molecule has 0 spiro atoms. The van der Waals surface area contributed by atoms with Crippen molar-refractivity contribution in [2.24, 2.45) is 23.2 Å². The van der Waals surface area contributed by atoms with Crippen molar-refractivity contribution < 1.29 is 5.11 Å². The molecule has 2 N–H and O–H groups in total. The largest absolute Gasteiger partial charge is 0.393 e.